The third-order valence-electron chi connectivity index (χ3n) is 6.20. The van der Waals surface area contributed by atoms with E-state index in [1.807, 2.05) is 0 Å². The Kier molecular flexibility index (Phi) is 7.32. The SMILES string of the molecule is OC(CCCc1ccccc1)(CCCc1ccccc1)C1CCCCC1. The molecule has 2 aromatic rings. The van der Waals surface area contributed by atoms with Crippen LogP contribution >= 0.6 is 0 Å². The van der Waals surface area contributed by atoms with Gasteiger partial charge in [0.05, 0.1) is 5.60 Å². The van der Waals surface area contributed by atoms with E-state index in [1.54, 1.807) is 0 Å². The first kappa shape index (κ1) is 19.2. The lowest BCUT2D eigenvalue weighted by Crippen LogP contribution is -2.39. The van der Waals surface area contributed by atoms with E-state index in [9.17, 15) is 5.11 Å². The van der Waals surface area contributed by atoms with E-state index in [0.717, 1.165) is 38.5 Å². The lowest BCUT2D eigenvalue weighted by atomic mass is 9.72. The third-order valence-corrected chi connectivity index (χ3v) is 6.20. The quantitative estimate of drug-likeness (QED) is 0.559. The summed E-state index contributed by atoms with van der Waals surface area (Å²) in [4.78, 5) is 0. The van der Waals surface area contributed by atoms with Crippen LogP contribution in [0.2, 0.25) is 0 Å². The first-order valence-electron chi connectivity index (χ1n) is 10.6. The van der Waals surface area contributed by atoms with Crippen LogP contribution in [0.3, 0.4) is 0 Å². The predicted octanol–water partition coefficient (Wildman–Crippen LogP) is 6.34. The van der Waals surface area contributed by atoms with Gasteiger partial charge in [0.15, 0.2) is 0 Å². The van der Waals surface area contributed by atoms with Crippen LogP contribution in [0.1, 0.15) is 68.9 Å². The van der Waals surface area contributed by atoms with Crippen molar-refractivity contribution in [2.75, 3.05) is 0 Å². The number of hydrogen-bond donors (Lipinski definition) is 1. The Balaban J connectivity index is 1.55. The summed E-state index contributed by atoms with van der Waals surface area (Å²) in [5.74, 6) is 0.503. The smallest absolute Gasteiger partial charge is 0.0676 e. The van der Waals surface area contributed by atoms with Gasteiger partial charge < -0.3 is 5.11 Å². The molecule has 1 saturated carbocycles. The summed E-state index contributed by atoms with van der Waals surface area (Å²) in [6.45, 7) is 0. The largest absolute Gasteiger partial charge is 0.390 e. The molecule has 1 nitrogen and oxygen atoms in total. The molecule has 0 heterocycles. The molecule has 3 rings (SSSR count). The summed E-state index contributed by atoms with van der Waals surface area (Å²) in [6.07, 6.45) is 12.6. The molecule has 140 valence electrons. The highest BCUT2D eigenvalue weighted by Gasteiger charge is 2.36. The van der Waals surface area contributed by atoms with Gasteiger partial charge in [-0.3, -0.25) is 0 Å². The molecule has 1 heteroatoms. The molecule has 0 spiro atoms. The van der Waals surface area contributed by atoms with Gasteiger partial charge in [-0.05, 0) is 68.4 Å². The van der Waals surface area contributed by atoms with Gasteiger partial charge in [0.25, 0.3) is 0 Å². The standard InChI is InChI=1S/C25H34O/c26-25(24-18-8-3-9-19-24,20-10-16-22-12-4-1-5-13-22)21-11-17-23-14-6-2-7-15-23/h1-2,4-7,12-15,24,26H,3,8-11,16-21H2. The van der Waals surface area contributed by atoms with E-state index in [-0.39, 0.29) is 0 Å². The summed E-state index contributed by atoms with van der Waals surface area (Å²) < 4.78 is 0. The Bertz CT molecular complexity index is 568. The molecule has 0 aliphatic heterocycles. The van der Waals surface area contributed by atoms with Crippen molar-refractivity contribution < 1.29 is 5.11 Å². The fourth-order valence-electron chi connectivity index (χ4n) is 4.66. The minimum atomic E-state index is -0.468. The Morgan fingerprint density at radius 2 is 1.15 bits per heavy atom. The Morgan fingerprint density at radius 1 is 0.692 bits per heavy atom. The number of aliphatic hydroxyl groups is 1. The monoisotopic (exact) mass is 350 g/mol. The summed E-state index contributed by atoms with van der Waals surface area (Å²) in [6, 6.07) is 21.4. The van der Waals surface area contributed by atoms with Gasteiger partial charge in [0.1, 0.15) is 0 Å². The van der Waals surface area contributed by atoms with Crippen molar-refractivity contribution in [1.29, 1.82) is 0 Å². The van der Waals surface area contributed by atoms with E-state index in [0.29, 0.717) is 5.92 Å². The van der Waals surface area contributed by atoms with Crippen molar-refractivity contribution in [2.45, 2.75) is 76.2 Å². The molecule has 2 aromatic carbocycles. The van der Waals surface area contributed by atoms with Gasteiger partial charge in [0.2, 0.25) is 0 Å². The van der Waals surface area contributed by atoms with Crippen LogP contribution in [-0.2, 0) is 12.8 Å². The van der Waals surface area contributed by atoms with E-state index in [2.05, 4.69) is 60.7 Å². The van der Waals surface area contributed by atoms with Crippen molar-refractivity contribution in [3.8, 4) is 0 Å². The van der Waals surface area contributed by atoms with Crippen LogP contribution in [0, 0.1) is 5.92 Å². The lowest BCUT2D eigenvalue weighted by Gasteiger charge is -2.39. The molecule has 0 amide bonds. The first-order chi connectivity index (χ1) is 12.8. The Morgan fingerprint density at radius 3 is 1.62 bits per heavy atom. The average molecular weight is 351 g/mol. The summed E-state index contributed by atoms with van der Waals surface area (Å²) in [7, 11) is 0. The number of rotatable bonds is 9. The molecular weight excluding hydrogens is 316 g/mol. The predicted molar refractivity (Wildman–Crippen MR) is 110 cm³/mol. The van der Waals surface area contributed by atoms with Gasteiger partial charge in [-0.25, -0.2) is 0 Å². The molecule has 1 fully saturated rings. The van der Waals surface area contributed by atoms with Crippen molar-refractivity contribution in [3.05, 3.63) is 71.8 Å². The molecule has 0 atom stereocenters. The normalized spacial score (nSPS) is 15.9. The van der Waals surface area contributed by atoms with Crippen LogP contribution in [0.15, 0.2) is 60.7 Å². The summed E-state index contributed by atoms with van der Waals surface area (Å²) in [5, 5.41) is 11.6. The maximum Gasteiger partial charge on any atom is 0.0676 e. The minimum absolute atomic E-state index is 0.468. The van der Waals surface area contributed by atoms with Crippen molar-refractivity contribution in [1.82, 2.24) is 0 Å². The third kappa shape index (κ3) is 5.71. The minimum Gasteiger partial charge on any atom is -0.390 e. The van der Waals surface area contributed by atoms with E-state index in [1.165, 1.54) is 43.2 Å². The highest BCUT2D eigenvalue weighted by Crippen LogP contribution is 2.39. The van der Waals surface area contributed by atoms with Gasteiger partial charge in [-0.1, -0.05) is 79.9 Å². The van der Waals surface area contributed by atoms with Crippen LogP contribution in [0.4, 0.5) is 0 Å². The van der Waals surface area contributed by atoms with Crippen LogP contribution < -0.4 is 0 Å². The topological polar surface area (TPSA) is 20.2 Å². The fourth-order valence-corrected chi connectivity index (χ4v) is 4.66. The first-order valence-corrected chi connectivity index (χ1v) is 10.6. The van der Waals surface area contributed by atoms with Crippen molar-refractivity contribution >= 4 is 0 Å². The van der Waals surface area contributed by atoms with Crippen LogP contribution in [0.5, 0.6) is 0 Å². The fraction of sp³-hybridized carbons (Fsp3) is 0.520. The second-order valence-electron chi connectivity index (χ2n) is 8.12. The summed E-state index contributed by atoms with van der Waals surface area (Å²) in [5.41, 5.74) is 2.31. The van der Waals surface area contributed by atoms with E-state index >= 15 is 0 Å². The average Bonchev–Trinajstić information content (AvgIpc) is 2.70. The highest BCUT2D eigenvalue weighted by atomic mass is 16.3. The van der Waals surface area contributed by atoms with Crippen LogP contribution in [0.25, 0.3) is 0 Å². The molecule has 1 aliphatic carbocycles. The Labute approximate surface area is 159 Å². The molecule has 0 aromatic heterocycles. The highest BCUT2D eigenvalue weighted by molar-refractivity contribution is 5.15. The van der Waals surface area contributed by atoms with Gasteiger partial charge in [0, 0.05) is 0 Å². The van der Waals surface area contributed by atoms with E-state index < -0.39 is 5.60 Å². The lowest BCUT2D eigenvalue weighted by molar-refractivity contribution is -0.0496. The van der Waals surface area contributed by atoms with Crippen LogP contribution in [-0.4, -0.2) is 10.7 Å². The zero-order valence-corrected chi connectivity index (χ0v) is 16.1. The molecule has 26 heavy (non-hydrogen) atoms. The zero-order valence-electron chi connectivity index (χ0n) is 16.1. The second kappa shape index (κ2) is 9.92. The maximum atomic E-state index is 11.6. The molecule has 1 aliphatic rings. The zero-order chi connectivity index (χ0) is 18.1. The molecule has 0 saturated heterocycles. The van der Waals surface area contributed by atoms with Gasteiger partial charge in [-0.2, -0.15) is 0 Å². The Hall–Kier alpha value is -1.60. The number of aryl methyl sites for hydroxylation is 2. The molecule has 0 radical (unpaired) electrons. The van der Waals surface area contributed by atoms with E-state index in [4.69, 9.17) is 0 Å². The number of hydrogen-bond acceptors (Lipinski definition) is 1. The number of benzene rings is 2. The molecule has 0 bridgehead atoms. The molecular formula is C25H34O. The van der Waals surface area contributed by atoms with Crippen molar-refractivity contribution in [3.63, 3.8) is 0 Å². The molecule has 0 unspecified atom stereocenters. The maximum absolute atomic E-state index is 11.6. The second-order valence-corrected chi connectivity index (χ2v) is 8.12. The van der Waals surface area contributed by atoms with Gasteiger partial charge in [-0.15, -0.1) is 0 Å². The molecule has 1 N–H and O–H groups in total. The van der Waals surface area contributed by atoms with Crippen molar-refractivity contribution in [2.24, 2.45) is 5.92 Å². The summed E-state index contributed by atoms with van der Waals surface area (Å²) >= 11 is 0. The van der Waals surface area contributed by atoms with Gasteiger partial charge >= 0.3 is 0 Å².